The molecule has 1 aromatic heterocycles. The van der Waals surface area contributed by atoms with Gasteiger partial charge in [0.15, 0.2) is 11.7 Å². The number of phenols is 1. The number of aromatic nitrogens is 2. The molecule has 162 valence electrons. The smallest absolute Gasteiger partial charge is 0.410 e. The van der Waals surface area contributed by atoms with Crippen LogP contribution in [0.1, 0.15) is 34.6 Å². The van der Waals surface area contributed by atoms with Crippen molar-refractivity contribution in [1.29, 1.82) is 0 Å². The third kappa shape index (κ3) is 4.15. The second-order valence-electron chi connectivity index (χ2n) is 7.00. The van der Waals surface area contributed by atoms with Gasteiger partial charge < -0.3 is 15.7 Å². The fourth-order valence-corrected chi connectivity index (χ4v) is 3.69. The summed E-state index contributed by atoms with van der Waals surface area (Å²) in [6.07, 6.45) is -5.09. The van der Waals surface area contributed by atoms with E-state index in [1.807, 2.05) is 0 Å². The molecule has 11 heteroatoms. The molecule has 2 atom stereocenters. The number of anilines is 2. The molecule has 0 radical (unpaired) electrons. The highest BCUT2D eigenvalue weighted by molar-refractivity contribution is 6.36. The van der Waals surface area contributed by atoms with Crippen LogP contribution in [0.15, 0.2) is 48.5 Å². The first-order chi connectivity index (χ1) is 14.6. The number of phenolic OH excluding ortho intramolecular Hbond substituents is 1. The van der Waals surface area contributed by atoms with E-state index in [0.717, 1.165) is 12.1 Å². The van der Waals surface area contributed by atoms with Crippen LogP contribution in [-0.2, 0) is 0 Å². The highest BCUT2D eigenvalue weighted by atomic mass is 35.5. The summed E-state index contributed by atoms with van der Waals surface area (Å²) in [6, 6.07) is 7.85. The van der Waals surface area contributed by atoms with Gasteiger partial charge >= 0.3 is 6.18 Å². The lowest BCUT2D eigenvalue weighted by Gasteiger charge is -2.33. The SMILES string of the molecule is O=C(Nc1cccc(O)c1)c1nn2c(c1Cl)N[C@H](c1ccc(F)cc1)C[C@@H]2C(F)(F)F. The number of carbonyl (C=O) groups is 1. The monoisotopic (exact) mass is 454 g/mol. The molecule has 4 rings (SSSR count). The molecular weight excluding hydrogens is 440 g/mol. The van der Waals surface area contributed by atoms with Crippen molar-refractivity contribution >= 4 is 29.0 Å². The average Bonchev–Trinajstić information content (AvgIpc) is 3.04. The van der Waals surface area contributed by atoms with Gasteiger partial charge in [-0.05, 0) is 29.8 Å². The zero-order valence-corrected chi connectivity index (χ0v) is 16.4. The summed E-state index contributed by atoms with van der Waals surface area (Å²) in [4.78, 5) is 12.6. The molecule has 1 amide bonds. The topological polar surface area (TPSA) is 79.2 Å². The van der Waals surface area contributed by atoms with E-state index in [2.05, 4.69) is 15.7 Å². The number of benzene rings is 2. The maximum atomic E-state index is 13.8. The van der Waals surface area contributed by atoms with Gasteiger partial charge in [0.25, 0.3) is 5.91 Å². The van der Waals surface area contributed by atoms with Crippen molar-refractivity contribution in [3.63, 3.8) is 0 Å². The van der Waals surface area contributed by atoms with Crippen LogP contribution in [-0.4, -0.2) is 27.0 Å². The summed E-state index contributed by atoms with van der Waals surface area (Å²) in [6.45, 7) is 0. The molecule has 1 aliphatic rings. The first-order valence-corrected chi connectivity index (χ1v) is 9.48. The summed E-state index contributed by atoms with van der Waals surface area (Å²) >= 11 is 6.24. The summed E-state index contributed by atoms with van der Waals surface area (Å²) in [7, 11) is 0. The van der Waals surface area contributed by atoms with Gasteiger partial charge in [-0.1, -0.05) is 29.8 Å². The number of halogens is 5. The minimum Gasteiger partial charge on any atom is -0.508 e. The van der Waals surface area contributed by atoms with Gasteiger partial charge in [-0.25, -0.2) is 9.07 Å². The van der Waals surface area contributed by atoms with Crippen LogP contribution in [0, 0.1) is 5.82 Å². The highest BCUT2D eigenvalue weighted by Crippen LogP contribution is 2.46. The van der Waals surface area contributed by atoms with Crippen molar-refractivity contribution in [2.24, 2.45) is 0 Å². The Kier molecular flexibility index (Phi) is 5.26. The summed E-state index contributed by atoms with van der Waals surface area (Å²) in [5.74, 6) is -1.61. The van der Waals surface area contributed by atoms with E-state index in [1.165, 1.54) is 36.4 Å². The molecule has 0 fully saturated rings. The third-order valence-electron chi connectivity index (χ3n) is 4.89. The molecule has 0 bridgehead atoms. The van der Waals surface area contributed by atoms with Crippen LogP contribution in [0.5, 0.6) is 5.75 Å². The van der Waals surface area contributed by atoms with Crippen LogP contribution < -0.4 is 10.6 Å². The molecule has 0 spiro atoms. The van der Waals surface area contributed by atoms with E-state index in [9.17, 15) is 27.5 Å². The minimum atomic E-state index is -4.66. The Bertz CT molecular complexity index is 1130. The van der Waals surface area contributed by atoms with Gasteiger partial charge in [0, 0.05) is 18.2 Å². The largest absolute Gasteiger partial charge is 0.508 e. The van der Waals surface area contributed by atoms with Gasteiger partial charge in [0.1, 0.15) is 22.4 Å². The van der Waals surface area contributed by atoms with Crippen LogP contribution in [0.4, 0.5) is 29.1 Å². The molecular formula is C20H15ClF4N4O2. The van der Waals surface area contributed by atoms with E-state index in [0.29, 0.717) is 10.2 Å². The molecule has 0 unspecified atom stereocenters. The Morgan fingerprint density at radius 3 is 2.58 bits per heavy atom. The van der Waals surface area contributed by atoms with Crippen molar-refractivity contribution in [2.75, 3.05) is 10.6 Å². The van der Waals surface area contributed by atoms with Crippen LogP contribution >= 0.6 is 11.6 Å². The van der Waals surface area contributed by atoms with E-state index >= 15 is 0 Å². The second-order valence-corrected chi connectivity index (χ2v) is 7.38. The molecule has 3 aromatic rings. The number of nitrogens with one attached hydrogen (secondary N) is 2. The number of alkyl halides is 3. The van der Waals surface area contributed by atoms with Crippen molar-refractivity contribution in [3.8, 4) is 5.75 Å². The Balaban J connectivity index is 1.70. The van der Waals surface area contributed by atoms with E-state index in [4.69, 9.17) is 11.6 Å². The fourth-order valence-electron chi connectivity index (χ4n) is 3.42. The van der Waals surface area contributed by atoms with E-state index in [-0.39, 0.29) is 22.3 Å². The summed E-state index contributed by atoms with van der Waals surface area (Å²) in [5, 5.41) is 18.4. The van der Waals surface area contributed by atoms with Crippen molar-refractivity contribution < 1.29 is 27.5 Å². The predicted molar refractivity (Wildman–Crippen MR) is 106 cm³/mol. The number of hydrogen-bond donors (Lipinski definition) is 3. The van der Waals surface area contributed by atoms with Gasteiger partial charge in [-0.15, -0.1) is 0 Å². The average molecular weight is 455 g/mol. The van der Waals surface area contributed by atoms with E-state index < -0.39 is 42.1 Å². The number of rotatable bonds is 3. The minimum absolute atomic E-state index is 0.103. The normalized spacial score (nSPS) is 18.2. The zero-order chi connectivity index (χ0) is 22.3. The van der Waals surface area contributed by atoms with Crippen LogP contribution in [0.2, 0.25) is 5.02 Å². The number of hydrogen-bond acceptors (Lipinski definition) is 4. The Hall–Kier alpha value is -3.27. The lowest BCUT2D eigenvalue weighted by molar-refractivity contribution is -0.173. The number of aromatic hydroxyl groups is 1. The fraction of sp³-hybridized carbons (Fsp3) is 0.200. The van der Waals surface area contributed by atoms with E-state index in [1.54, 1.807) is 0 Å². The standard InChI is InChI=1S/C20H15ClF4N4O2/c21-16-17(19(31)26-12-2-1-3-13(30)8-12)28-29-15(20(23,24)25)9-14(27-18(16)29)10-4-6-11(22)7-5-10/h1-8,14-15,27,30H,9H2,(H,26,31)/t14-,15+/m0/s1. The lowest BCUT2D eigenvalue weighted by Crippen LogP contribution is -2.35. The van der Waals surface area contributed by atoms with Gasteiger partial charge in [-0.2, -0.15) is 18.3 Å². The molecule has 0 saturated carbocycles. The molecule has 31 heavy (non-hydrogen) atoms. The summed E-state index contributed by atoms with van der Waals surface area (Å²) in [5.41, 5.74) is 0.253. The van der Waals surface area contributed by atoms with Crippen LogP contribution in [0.3, 0.4) is 0 Å². The van der Waals surface area contributed by atoms with Gasteiger partial charge in [0.05, 0.1) is 6.04 Å². The molecule has 2 heterocycles. The Labute approximate surface area is 178 Å². The number of amides is 1. The van der Waals surface area contributed by atoms with Crippen molar-refractivity contribution in [1.82, 2.24) is 9.78 Å². The Morgan fingerprint density at radius 1 is 1.23 bits per heavy atom. The van der Waals surface area contributed by atoms with Crippen molar-refractivity contribution in [2.45, 2.75) is 24.7 Å². The Morgan fingerprint density at radius 2 is 1.94 bits per heavy atom. The molecule has 0 aliphatic carbocycles. The van der Waals surface area contributed by atoms with Gasteiger partial charge in [-0.3, -0.25) is 4.79 Å². The molecule has 2 aromatic carbocycles. The maximum Gasteiger partial charge on any atom is 0.410 e. The number of carbonyl (C=O) groups excluding carboxylic acids is 1. The van der Waals surface area contributed by atoms with Crippen LogP contribution in [0.25, 0.3) is 0 Å². The number of nitrogens with zero attached hydrogens (tertiary/aromatic N) is 2. The molecule has 6 nitrogen and oxygen atoms in total. The predicted octanol–water partition coefficient (Wildman–Crippen LogP) is 5.29. The lowest BCUT2D eigenvalue weighted by atomic mass is 9.97. The molecule has 1 aliphatic heterocycles. The first-order valence-electron chi connectivity index (χ1n) is 9.10. The van der Waals surface area contributed by atoms with Gasteiger partial charge in [0.2, 0.25) is 0 Å². The van der Waals surface area contributed by atoms with Crippen molar-refractivity contribution in [3.05, 3.63) is 70.6 Å². The molecule has 0 saturated heterocycles. The zero-order valence-electron chi connectivity index (χ0n) is 15.6. The third-order valence-corrected chi connectivity index (χ3v) is 5.25. The number of fused-ring (bicyclic) bond motifs is 1. The highest BCUT2D eigenvalue weighted by Gasteiger charge is 2.47. The molecule has 3 N–H and O–H groups in total. The first kappa shape index (κ1) is 21.0. The summed E-state index contributed by atoms with van der Waals surface area (Å²) < 4.78 is 55.2. The maximum absolute atomic E-state index is 13.8. The second kappa shape index (κ2) is 7.77. The quantitative estimate of drug-likeness (QED) is 0.470.